The van der Waals surface area contributed by atoms with Gasteiger partial charge in [-0.05, 0) is 66.6 Å². The zero-order valence-electron chi connectivity index (χ0n) is 16.6. The molecule has 2 N–H and O–H groups in total. The lowest BCUT2D eigenvalue weighted by molar-refractivity contribution is -0.117. The molecule has 0 atom stereocenters. The van der Waals surface area contributed by atoms with E-state index in [1.54, 1.807) is 12.1 Å². The number of aryl methyl sites for hydroxylation is 2. The molecule has 0 saturated heterocycles. The van der Waals surface area contributed by atoms with E-state index < -0.39 is 0 Å². The number of hydrogen-bond acceptors (Lipinski definition) is 3. The lowest BCUT2D eigenvalue weighted by Gasteiger charge is -2.12. The van der Waals surface area contributed by atoms with Crippen molar-refractivity contribution >= 4 is 29.2 Å². The van der Waals surface area contributed by atoms with Crippen LogP contribution in [0, 0.1) is 13.8 Å². The molecule has 0 bridgehead atoms. The number of thiophene rings is 1. The van der Waals surface area contributed by atoms with Crippen molar-refractivity contribution in [2.45, 2.75) is 20.3 Å². The predicted molar refractivity (Wildman–Crippen MR) is 119 cm³/mol. The number of hydrogen-bond donors (Lipinski definition) is 2. The molecule has 0 saturated carbocycles. The van der Waals surface area contributed by atoms with E-state index in [2.05, 4.69) is 10.6 Å². The van der Waals surface area contributed by atoms with Crippen molar-refractivity contribution in [3.63, 3.8) is 0 Å². The fourth-order valence-electron chi connectivity index (χ4n) is 2.81. The highest BCUT2D eigenvalue weighted by molar-refractivity contribution is 7.10. The highest BCUT2D eigenvalue weighted by atomic mass is 32.1. The van der Waals surface area contributed by atoms with Crippen LogP contribution in [0.1, 0.15) is 31.9 Å². The first kappa shape index (κ1) is 20.6. The molecule has 0 aliphatic rings. The number of amides is 2. The second-order valence-electron chi connectivity index (χ2n) is 6.82. The highest BCUT2D eigenvalue weighted by Crippen LogP contribution is 2.14. The van der Waals surface area contributed by atoms with Crippen molar-refractivity contribution in [1.82, 2.24) is 10.6 Å². The molecule has 0 aliphatic carbocycles. The van der Waals surface area contributed by atoms with Gasteiger partial charge in [0.25, 0.3) is 11.8 Å². The Hall–Kier alpha value is -3.18. The molecular weight excluding hydrogens is 380 g/mol. The van der Waals surface area contributed by atoms with Gasteiger partial charge in [-0.15, -0.1) is 11.3 Å². The van der Waals surface area contributed by atoms with E-state index in [9.17, 15) is 9.59 Å². The van der Waals surface area contributed by atoms with Crippen LogP contribution < -0.4 is 10.6 Å². The Balaban J connectivity index is 1.71. The highest BCUT2D eigenvalue weighted by Gasteiger charge is 2.15. The zero-order valence-corrected chi connectivity index (χ0v) is 17.4. The van der Waals surface area contributed by atoms with Crippen LogP contribution in [0.25, 0.3) is 6.08 Å². The Morgan fingerprint density at radius 2 is 1.76 bits per heavy atom. The second kappa shape index (κ2) is 9.85. The predicted octanol–water partition coefficient (Wildman–Crippen LogP) is 4.49. The van der Waals surface area contributed by atoms with E-state index in [0.717, 1.165) is 28.0 Å². The molecule has 0 fully saturated rings. The summed E-state index contributed by atoms with van der Waals surface area (Å²) in [5, 5.41) is 7.62. The SMILES string of the molecule is Cc1ccc(C(=O)N/C(=C/c2cccs2)C(=O)NCCc2ccccc2)cc1C. The van der Waals surface area contributed by atoms with Gasteiger partial charge in [-0.1, -0.05) is 42.5 Å². The molecule has 0 spiro atoms. The Morgan fingerprint density at radius 3 is 2.45 bits per heavy atom. The van der Waals surface area contributed by atoms with Gasteiger partial charge in [-0.3, -0.25) is 9.59 Å². The fraction of sp³-hybridized carbons (Fsp3) is 0.167. The topological polar surface area (TPSA) is 58.2 Å². The minimum Gasteiger partial charge on any atom is -0.350 e. The Labute approximate surface area is 175 Å². The zero-order chi connectivity index (χ0) is 20.6. The first-order valence-electron chi connectivity index (χ1n) is 9.49. The third-order valence-corrected chi connectivity index (χ3v) is 5.45. The number of rotatable bonds is 7. The van der Waals surface area contributed by atoms with E-state index >= 15 is 0 Å². The molecule has 0 unspecified atom stereocenters. The standard InChI is InChI=1S/C24H24N2O2S/c1-17-10-11-20(15-18(17)2)23(27)26-22(16-21-9-6-14-29-21)24(28)25-13-12-19-7-4-3-5-8-19/h3-11,14-16H,12-13H2,1-2H3,(H,25,28)(H,26,27)/b22-16+. The minimum atomic E-state index is -0.300. The van der Waals surface area contributed by atoms with Crippen LogP contribution in [0.4, 0.5) is 0 Å². The maximum atomic E-state index is 12.8. The number of nitrogens with one attached hydrogen (secondary N) is 2. The van der Waals surface area contributed by atoms with E-state index in [-0.39, 0.29) is 17.5 Å². The summed E-state index contributed by atoms with van der Waals surface area (Å²) in [5.74, 6) is -0.597. The molecule has 5 heteroatoms. The van der Waals surface area contributed by atoms with Crippen molar-refractivity contribution in [1.29, 1.82) is 0 Å². The van der Waals surface area contributed by atoms with E-state index in [1.807, 2.05) is 73.8 Å². The van der Waals surface area contributed by atoms with Crippen LogP contribution in [0.15, 0.2) is 71.7 Å². The summed E-state index contributed by atoms with van der Waals surface area (Å²) in [6.07, 6.45) is 2.44. The molecule has 29 heavy (non-hydrogen) atoms. The number of carbonyl (C=O) groups excluding carboxylic acids is 2. The summed E-state index contributed by atoms with van der Waals surface area (Å²) in [5.41, 5.74) is 4.07. The maximum Gasteiger partial charge on any atom is 0.267 e. The Kier molecular flexibility index (Phi) is 6.98. The molecule has 1 aromatic heterocycles. The molecule has 148 valence electrons. The van der Waals surface area contributed by atoms with Crippen molar-refractivity contribution in [3.8, 4) is 0 Å². The van der Waals surface area contributed by atoms with Crippen LogP contribution in [0.3, 0.4) is 0 Å². The monoisotopic (exact) mass is 404 g/mol. The molecule has 2 aromatic carbocycles. The van der Waals surface area contributed by atoms with Gasteiger partial charge in [-0.2, -0.15) is 0 Å². The summed E-state index contributed by atoms with van der Waals surface area (Å²) in [6.45, 7) is 4.45. The molecule has 3 aromatic rings. The lowest BCUT2D eigenvalue weighted by Crippen LogP contribution is -2.35. The lowest BCUT2D eigenvalue weighted by atomic mass is 10.1. The van der Waals surface area contributed by atoms with Gasteiger partial charge < -0.3 is 10.6 Å². The van der Waals surface area contributed by atoms with Gasteiger partial charge in [0.1, 0.15) is 5.70 Å². The molecule has 2 amide bonds. The summed E-state index contributed by atoms with van der Waals surface area (Å²) in [7, 11) is 0. The summed E-state index contributed by atoms with van der Waals surface area (Å²) in [6, 6.07) is 19.3. The Bertz CT molecular complexity index is 1010. The van der Waals surface area contributed by atoms with Gasteiger partial charge in [0, 0.05) is 17.0 Å². The molecule has 0 radical (unpaired) electrons. The van der Waals surface area contributed by atoms with Gasteiger partial charge in [-0.25, -0.2) is 0 Å². The minimum absolute atomic E-state index is 0.240. The van der Waals surface area contributed by atoms with Crippen LogP contribution in [0.5, 0.6) is 0 Å². The largest absolute Gasteiger partial charge is 0.350 e. The van der Waals surface area contributed by atoms with Crippen LogP contribution in [-0.2, 0) is 11.2 Å². The third kappa shape index (κ3) is 5.90. The van der Waals surface area contributed by atoms with Crippen molar-refractivity contribution in [3.05, 3.63) is 98.9 Å². The average molecular weight is 405 g/mol. The van der Waals surface area contributed by atoms with E-state index in [1.165, 1.54) is 11.3 Å². The fourth-order valence-corrected chi connectivity index (χ4v) is 3.47. The van der Waals surface area contributed by atoms with Crippen LogP contribution in [0.2, 0.25) is 0 Å². The van der Waals surface area contributed by atoms with Gasteiger partial charge in [0.05, 0.1) is 0 Å². The summed E-state index contributed by atoms with van der Waals surface area (Å²) in [4.78, 5) is 26.4. The smallest absolute Gasteiger partial charge is 0.267 e. The van der Waals surface area contributed by atoms with Crippen molar-refractivity contribution in [2.24, 2.45) is 0 Å². The normalized spacial score (nSPS) is 11.2. The summed E-state index contributed by atoms with van der Waals surface area (Å²) >= 11 is 1.51. The molecule has 1 heterocycles. The van der Waals surface area contributed by atoms with Crippen molar-refractivity contribution < 1.29 is 9.59 Å². The van der Waals surface area contributed by atoms with Gasteiger partial charge in [0.2, 0.25) is 0 Å². The second-order valence-corrected chi connectivity index (χ2v) is 7.80. The van der Waals surface area contributed by atoms with E-state index in [0.29, 0.717) is 12.1 Å². The molecule has 4 nitrogen and oxygen atoms in total. The average Bonchev–Trinajstić information content (AvgIpc) is 3.23. The molecule has 0 aliphatic heterocycles. The van der Waals surface area contributed by atoms with Crippen molar-refractivity contribution in [2.75, 3.05) is 6.54 Å². The maximum absolute atomic E-state index is 12.8. The van der Waals surface area contributed by atoms with Gasteiger partial charge in [0.15, 0.2) is 0 Å². The van der Waals surface area contributed by atoms with Crippen LogP contribution in [-0.4, -0.2) is 18.4 Å². The first-order valence-corrected chi connectivity index (χ1v) is 10.4. The molecule has 3 rings (SSSR count). The number of benzene rings is 2. The summed E-state index contributed by atoms with van der Waals surface area (Å²) < 4.78 is 0. The molecular formula is C24H24N2O2S. The Morgan fingerprint density at radius 1 is 0.966 bits per heavy atom. The third-order valence-electron chi connectivity index (χ3n) is 4.63. The quantitative estimate of drug-likeness (QED) is 0.570. The van der Waals surface area contributed by atoms with Gasteiger partial charge >= 0.3 is 0 Å². The van der Waals surface area contributed by atoms with E-state index in [4.69, 9.17) is 0 Å². The number of carbonyl (C=O) groups is 2. The van der Waals surface area contributed by atoms with Crippen LogP contribution >= 0.6 is 11.3 Å². The first-order chi connectivity index (χ1) is 14.0.